The SMILES string of the molecule is CCCn1c(NC(=O)c2cccc(Cl)c2)nc2ccccc21. The second-order valence-electron chi connectivity index (χ2n) is 5.04. The second kappa shape index (κ2) is 6.20. The van der Waals surface area contributed by atoms with E-state index in [1.165, 1.54) is 0 Å². The minimum absolute atomic E-state index is 0.213. The molecular weight excluding hydrogens is 298 g/mol. The van der Waals surface area contributed by atoms with Crippen LogP contribution in [-0.2, 0) is 6.54 Å². The number of carbonyl (C=O) groups excluding carboxylic acids is 1. The minimum Gasteiger partial charge on any atom is -0.310 e. The highest BCUT2D eigenvalue weighted by Crippen LogP contribution is 2.21. The van der Waals surface area contributed by atoms with Crippen molar-refractivity contribution < 1.29 is 4.79 Å². The van der Waals surface area contributed by atoms with E-state index in [9.17, 15) is 4.79 Å². The molecule has 0 unspecified atom stereocenters. The average Bonchev–Trinajstić information content (AvgIpc) is 2.85. The first kappa shape index (κ1) is 14.6. The van der Waals surface area contributed by atoms with Crippen LogP contribution >= 0.6 is 11.6 Å². The summed E-state index contributed by atoms with van der Waals surface area (Å²) in [5.74, 6) is 0.350. The number of carbonyl (C=O) groups is 1. The number of aromatic nitrogens is 2. The zero-order valence-corrected chi connectivity index (χ0v) is 13.0. The van der Waals surface area contributed by atoms with Crippen LogP contribution in [0.1, 0.15) is 23.7 Å². The molecule has 1 N–H and O–H groups in total. The molecule has 0 radical (unpaired) electrons. The zero-order chi connectivity index (χ0) is 15.5. The van der Waals surface area contributed by atoms with Crippen molar-refractivity contribution in [3.63, 3.8) is 0 Å². The third-order valence-corrected chi connectivity index (χ3v) is 3.65. The summed E-state index contributed by atoms with van der Waals surface area (Å²) in [5, 5.41) is 3.42. The van der Waals surface area contributed by atoms with Crippen molar-refractivity contribution in [3.05, 3.63) is 59.1 Å². The van der Waals surface area contributed by atoms with Gasteiger partial charge >= 0.3 is 0 Å². The molecule has 5 heteroatoms. The van der Waals surface area contributed by atoms with Gasteiger partial charge in [-0.05, 0) is 36.8 Å². The highest BCUT2D eigenvalue weighted by atomic mass is 35.5. The monoisotopic (exact) mass is 313 g/mol. The van der Waals surface area contributed by atoms with Gasteiger partial charge in [-0.1, -0.05) is 36.7 Å². The number of benzene rings is 2. The molecule has 0 fully saturated rings. The Hall–Kier alpha value is -2.33. The first-order chi connectivity index (χ1) is 10.7. The Morgan fingerprint density at radius 2 is 2.05 bits per heavy atom. The number of hydrogen-bond donors (Lipinski definition) is 1. The smallest absolute Gasteiger partial charge is 0.258 e. The standard InChI is InChI=1S/C17H16ClN3O/c1-2-10-21-15-9-4-3-8-14(15)19-17(21)20-16(22)12-6-5-7-13(18)11-12/h3-9,11H,2,10H2,1H3,(H,19,20,22). The van der Waals surface area contributed by atoms with Crippen molar-refractivity contribution in [3.8, 4) is 0 Å². The van der Waals surface area contributed by atoms with Crippen molar-refractivity contribution in [2.45, 2.75) is 19.9 Å². The van der Waals surface area contributed by atoms with Crippen LogP contribution in [0.5, 0.6) is 0 Å². The Kier molecular flexibility index (Phi) is 4.11. The summed E-state index contributed by atoms with van der Waals surface area (Å²) >= 11 is 5.94. The summed E-state index contributed by atoms with van der Waals surface area (Å²) < 4.78 is 2.03. The largest absolute Gasteiger partial charge is 0.310 e. The Balaban J connectivity index is 1.96. The van der Waals surface area contributed by atoms with E-state index in [-0.39, 0.29) is 5.91 Å². The van der Waals surface area contributed by atoms with Gasteiger partial charge in [0.1, 0.15) is 0 Å². The Labute approximate surface area is 133 Å². The van der Waals surface area contributed by atoms with Crippen LogP contribution in [0.15, 0.2) is 48.5 Å². The molecule has 1 aromatic heterocycles. The molecule has 0 saturated heterocycles. The van der Waals surface area contributed by atoms with E-state index in [1.807, 2.05) is 28.8 Å². The van der Waals surface area contributed by atoms with Crippen molar-refractivity contribution in [1.29, 1.82) is 0 Å². The molecule has 2 aromatic carbocycles. The van der Waals surface area contributed by atoms with Gasteiger partial charge in [-0.3, -0.25) is 10.1 Å². The summed E-state index contributed by atoms with van der Waals surface area (Å²) in [6.45, 7) is 2.89. The Morgan fingerprint density at radius 3 is 2.82 bits per heavy atom. The van der Waals surface area contributed by atoms with E-state index in [2.05, 4.69) is 17.2 Å². The number of fused-ring (bicyclic) bond motifs is 1. The van der Waals surface area contributed by atoms with Crippen molar-refractivity contribution in [2.24, 2.45) is 0 Å². The fraction of sp³-hybridized carbons (Fsp3) is 0.176. The van der Waals surface area contributed by atoms with E-state index < -0.39 is 0 Å². The van der Waals surface area contributed by atoms with Gasteiger partial charge in [0.05, 0.1) is 11.0 Å². The lowest BCUT2D eigenvalue weighted by Crippen LogP contribution is -2.16. The molecule has 0 saturated carbocycles. The second-order valence-corrected chi connectivity index (χ2v) is 5.48. The van der Waals surface area contributed by atoms with Crippen LogP contribution < -0.4 is 5.32 Å². The Morgan fingerprint density at radius 1 is 1.23 bits per heavy atom. The molecule has 0 atom stereocenters. The predicted molar refractivity (Wildman–Crippen MR) is 89.4 cm³/mol. The van der Waals surface area contributed by atoms with Crippen LogP contribution in [0.2, 0.25) is 5.02 Å². The molecule has 3 aromatic rings. The lowest BCUT2D eigenvalue weighted by molar-refractivity contribution is 0.102. The third kappa shape index (κ3) is 2.83. The van der Waals surface area contributed by atoms with E-state index in [0.29, 0.717) is 16.5 Å². The fourth-order valence-electron chi connectivity index (χ4n) is 2.42. The van der Waals surface area contributed by atoms with Crippen LogP contribution in [0.3, 0.4) is 0 Å². The first-order valence-electron chi connectivity index (χ1n) is 7.21. The number of aryl methyl sites for hydroxylation is 1. The maximum Gasteiger partial charge on any atom is 0.258 e. The molecule has 112 valence electrons. The topological polar surface area (TPSA) is 46.9 Å². The maximum atomic E-state index is 12.4. The molecule has 0 spiro atoms. The molecule has 3 rings (SSSR count). The first-order valence-corrected chi connectivity index (χ1v) is 7.59. The van der Waals surface area contributed by atoms with Gasteiger partial charge in [-0.2, -0.15) is 0 Å². The van der Waals surface area contributed by atoms with Gasteiger partial charge in [0, 0.05) is 17.1 Å². The molecular formula is C17H16ClN3O. The molecule has 0 bridgehead atoms. The number of nitrogens with zero attached hydrogens (tertiary/aromatic N) is 2. The van der Waals surface area contributed by atoms with Crippen LogP contribution in [0, 0.1) is 0 Å². The molecule has 0 aliphatic carbocycles. The van der Waals surface area contributed by atoms with Crippen LogP contribution in [-0.4, -0.2) is 15.5 Å². The fourth-order valence-corrected chi connectivity index (χ4v) is 2.61. The van der Waals surface area contributed by atoms with E-state index in [4.69, 9.17) is 11.6 Å². The van der Waals surface area contributed by atoms with Gasteiger partial charge in [0.15, 0.2) is 0 Å². The van der Waals surface area contributed by atoms with Gasteiger partial charge < -0.3 is 4.57 Å². The van der Waals surface area contributed by atoms with Crippen LogP contribution in [0.4, 0.5) is 5.95 Å². The lowest BCUT2D eigenvalue weighted by Gasteiger charge is -2.09. The molecule has 0 aliphatic rings. The number of imidazole rings is 1. The zero-order valence-electron chi connectivity index (χ0n) is 12.2. The van der Waals surface area contributed by atoms with E-state index in [0.717, 1.165) is 24.0 Å². The summed E-state index contributed by atoms with van der Waals surface area (Å²) in [7, 11) is 0. The number of anilines is 1. The van der Waals surface area contributed by atoms with Crippen molar-refractivity contribution >= 4 is 34.5 Å². The van der Waals surface area contributed by atoms with Gasteiger partial charge in [0.25, 0.3) is 5.91 Å². The lowest BCUT2D eigenvalue weighted by atomic mass is 10.2. The summed E-state index contributed by atoms with van der Waals surface area (Å²) in [5.41, 5.74) is 2.41. The van der Waals surface area contributed by atoms with Gasteiger partial charge in [0.2, 0.25) is 5.95 Å². The quantitative estimate of drug-likeness (QED) is 0.778. The summed E-state index contributed by atoms with van der Waals surface area (Å²) in [4.78, 5) is 16.9. The van der Waals surface area contributed by atoms with Gasteiger partial charge in [-0.25, -0.2) is 4.98 Å². The number of hydrogen-bond acceptors (Lipinski definition) is 2. The number of rotatable bonds is 4. The Bertz CT molecular complexity index is 826. The maximum absolute atomic E-state index is 12.4. The summed E-state index contributed by atoms with van der Waals surface area (Å²) in [6.07, 6.45) is 0.959. The predicted octanol–water partition coefficient (Wildman–Crippen LogP) is 4.35. The van der Waals surface area contributed by atoms with Gasteiger partial charge in [-0.15, -0.1) is 0 Å². The van der Waals surface area contributed by atoms with Crippen molar-refractivity contribution in [1.82, 2.24) is 9.55 Å². The normalized spacial score (nSPS) is 10.8. The molecule has 4 nitrogen and oxygen atoms in total. The average molecular weight is 314 g/mol. The number of halogens is 1. The van der Waals surface area contributed by atoms with Crippen LogP contribution in [0.25, 0.3) is 11.0 Å². The molecule has 0 aliphatic heterocycles. The highest BCUT2D eigenvalue weighted by Gasteiger charge is 2.13. The van der Waals surface area contributed by atoms with E-state index in [1.54, 1.807) is 24.3 Å². The minimum atomic E-state index is -0.213. The molecule has 1 amide bonds. The molecule has 22 heavy (non-hydrogen) atoms. The number of amides is 1. The van der Waals surface area contributed by atoms with Crippen molar-refractivity contribution in [2.75, 3.05) is 5.32 Å². The third-order valence-electron chi connectivity index (χ3n) is 3.41. The summed E-state index contributed by atoms with van der Waals surface area (Å²) in [6, 6.07) is 14.7. The number of para-hydroxylation sites is 2. The number of nitrogens with one attached hydrogen (secondary N) is 1. The highest BCUT2D eigenvalue weighted by molar-refractivity contribution is 6.31. The molecule has 1 heterocycles. The van der Waals surface area contributed by atoms with E-state index >= 15 is 0 Å².